The molecule has 2 fully saturated rings. The van der Waals surface area contributed by atoms with Crippen molar-refractivity contribution in [3.63, 3.8) is 0 Å². The van der Waals surface area contributed by atoms with Crippen LogP contribution in [0.5, 0.6) is 0 Å². The third-order valence-electron chi connectivity index (χ3n) is 8.16. The second-order valence-corrected chi connectivity index (χ2v) is 10.4. The molecular weight excluding hydrogens is 454 g/mol. The number of carbonyl (C=O) groups excluding carboxylic acids is 1. The average Bonchev–Trinajstić information content (AvgIpc) is 2.90. The molecule has 1 aromatic carbocycles. The maximum atomic E-state index is 12.8. The van der Waals surface area contributed by atoms with Crippen molar-refractivity contribution in [1.82, 2.24) is 24.7 Å². The third kappa shape index (κ3) is 5.48. The molecule has 0 spiro atoms. The van der Waals surface area contributed by atoms with Gasteiger partial charge in [-0.25, -0.2) is 9.59 Å². The highest BCUT2D eigenvalue weighted by Crippen LogP contribution is 2.31. The summed E-state index contributed by atoms with van der Waals surface area (Å²) in [5, 5.41) is 5.97. The molecule has 1 aliphatic heterocycles. The summed E-state index contributed by atoms with van der Waals surface area (Å²) >= 11 is 0. The van der Waals surface area contributed by atoms with Crippen LogP contribution in [0.4, 0.5) is 10.6 Å². The predicted molar refractivity (Wildman–Crippen MR) is 142 cm³/mol. The standard InChI is InChI=1S/C27H39N7O2/c1-2-33(22-9-5-21(28)6-10-22)23-7-3-20-18-24(8-4-19(20)17-23)34-14-11-25(31-27(34)36)30-26(35)32-15-12-29-13-16-32/h4,8,11,14,18,21-23,29H,2-3,5-7,9-10,12-13,15-17,28H2,1H3,(H,30,31,35,36)/t21-,22-,23?. The van der Waals surface area contributed by atoms with E-state index >= 15 is 0 Å². The van der Waals surface area contributed by atoms with Crippen molar-refractivity contribution < 1.29 is 4.79 Å². The van der Waals surface area contributed by atoms with Gasteiger partial charge in [-0.2, -0.15) is 4.98 Å². The Labute approximate surface area is 213 Å². The number of hydrogen-bond acceptors (Lipinski definition) is 6. The summed E-state index contributed by atoms with van der Waals surface area (Å²) < 4.78 is 1.55. The normalized spacial score (nSPS) is 24.4. The lowest BCUT2D eigenvalue weighted by atomic mass is 9.84. The number of aryl methyl sites for hydroxylation is 1. The van der Waals surface area contributed by atoms with Crippen LogP contribution in [-0.2, 0) is 12.8 Å². The summed E-state index contributed by atoms with van der Waals surface area (Å²) in [6.07, 6.45) is 9.58. The Kier molecular flexibility index (Phi) is 7.69. The van der Waals surface area contributed by atoms with E-state index in [1.54, 1.807) is 21.7 Å². The fourth-order valence-corrected chi connectivity index (χ4v) is 6.13. The van der Waals surface area contributed by atoms with E-state index in [0.29, 0.717) is 31.2 Å². The first-order chi connectivity index (χ1) is 17.5. The molecule has 1 unspecified atom stereocenters. The number of amides is 2. The number of hydrogen-bond donors (Lipinski definition) is 3. The van der Waals surface area contributed by atoms with E-state index in [4.69, 9.17) is 5.73 Å². The number of nitrogens with zero attached hydrogens (tertiary/aromatic N) is 4. The van der Waals surface area contributed by atoms with Gasteiger partial charge in [0.15, 0.2) is 0 Å². The van der Waals surface area contributed by atoms with Gasteiger partial charge in [-0.1, -0.05) is 13.0 Å². The van der Waals surface area contributed by atoms with Crippen molar-refractivity contribution in [3.8, 4) is 5.69 Å². The van der Waals surface area contributed by atoms with Crippen LogP contribution < -0.4 is 22.1 Å². The smallest absolute Gasteiger partial charge is 0.328 e. The number of benzene rings is 1. The Morgan fingerprint density at radius 2 is 1.89 bits per heavy atom. The summed E-state index contributed by atoms with van der Waals surface area (Å²) in [5.41, 5.74) is 9.26. The van der Waals surface area contributed by atoms with Gasteiger partial charge in [0.1, 0.15) is 5.82 Å². The van der Waals surface area contributed by atoms with E-state index in [2.05, 4.69) is 39.6 Å². The van der Waals surface area contributed by atoms with E-state index in [1.807, 2.05) is 6.07 Å². The van der Waals surface area contributed by atoms with Gasteiger partial charge in [-0.3, -0.25) is 14.8 Å². The van der Waals surface area contributed by atoms with Crippen LogP contribution >= 0.6 is 0 Å². The number of rotatable bonds is 5. The highest BCUT2D eigenvalue weighted by atomic mass is 16.2. The summed E-state index contributed by atoms with van der Waals surface area (Å²) in [7, 11) is 0. The monoisotopic (exact) mass is 493 g/mol. The molecule has 2 heterocycles. The highest BCUT2D eigenvalue weighted by Gasteiger charge is 2.31. The molecule has 0 bridgehead atoms. The first kappa shape index (κ1) is 24.9. The Balaban J connectivity index is 1.26. The molecule has 2 amide bonds. The van der Waals surface area contributed by atoms with Crippen molar-refractivity contribution >= 4 is 11.8 Å². The minimum Gasteiger partial charge on any atom is -0.328 e. The molecule has 1 aromatic heterocycles. The molecular formula is C27H39N7O2. The van der Waals surface area contributed by atoms with E-state index in [1.165, 1.54) is 24.0 Å². The molecule has 5 rings (SSSR count). The molecule has 4 N–H and O–H groups in total. The van der Waals surface area contributed by atoms with E-state index in [0.717, 1.165) is 57.4 Å². The molecule has 194 valence electrons. The largest absolute Gasteiger partial charge is 0.354 e. The van der Waals surface area contributed by atoms with Crippen molar-refractivity contribution in [1.29, 1.82) is 0 Å². The highest BCUT2D eigenvalue weighted by molar-refractivity contribution is 5.88. The second kappa shape index (κ2) is 11.1. The maximum absolute atomic E-state index is 12.8. The van der Waals surface area contributed by atoms with Crippen LogP contribution in [0, 0.1) is 0 Å². The van der Waals surface area contributed by atoms with Crippen LogP contribution in [0.25, 0.3) is 5.69 Å². The number of nitrogens with one attached hydrogen (secondary N) is 2. The Bertz CT molecular complexity index is 1120. The van der Waals surface area contributed by atoms with E-state index < -0.39 is 5.69 Å². The first-order valence-electron chi connectivity index (χ1n) is 13.5. The SMILES string of the molecule is CCN(C1CCc2cc(-n3ccc(NC(=O)N4CCNCC4)nc3=O)ccc2C1)[C@H]1CC[C@H](N)CC1. The molecule has 9 nitrogen and oxygen atoms in total. The van der Waals surface area contributed by atoms with Crippen LogP contribution in [-0.4, -0.2) is 76.2 Å². The third-order valence-corrected chi connectivity index (χ3v) is 8.16. The summed E-state index contributed by atoms with van der Waals surface area (Å²) in [6.45, 7) is 6.19. The molecule has 1 atom stereocenters. The molecule has 36 heavy (non-hydrogen) atoms. The summed E-state index contributed by atoms with van der Waals surface area (Å²) in [5.74, 6) is 0.281. The van der Waals surface area contributed by atoms with Crippen LogP contribution in [0.2, 0.25) is 0 Å². The minimum absolute atomic E-state index is 0.221. The molecule has 1 saturated heterocycles. The number of aromatic nitrogens is 2. The fourth-order valence-electron chi connectivity index (χ4n) is 6.13. The summed E-state index contributed by atoms with van der Waals surface area (Å²) in [6, 6.07) is 9.37. The first-order valence-corrected chi connectivity index (χ1v) is 13.5. The fraction of sp³-hybridized carbons (Fsp3) is 0.593. The van der Waals surface area contributed by atoms with Crippen LogP contribution in [0.3, 0.4) is 0 Å². The number of likely N-dealkylation sites (N-methyl/N-ethyl adjacent to an activating group) is 1. The number of anilines is 1. The zero-order valence-electron chi connectivity index (χ0n) is 21.3. The lowest BCUT2D eigenvalue weighted by molar-refractivity contribution is 0.0970. The van der Waals surface area contributed by atoms with Gasteiger partial charge >= 0.3 is 11.7 Å². The Morgan fingerprint density at radius 3 is 2.61 bits per heavy atom. The molecule has 1 saturated carbocycles. The van der Waals surface area contributed by atoms with E-state index in [-0.39, 0.29) is 11.8 Å². The van der Waals surface area contributed by atoms with Gasteiger partial charge in [0.2, 0.25) is 0 Å². The predicted octanol–water partition coefficient (Wildman–Crippen LogP) is 2.12. The zero-order valence-corrected chi connectivity index (χ0v) is 21.3. The van der Waals surface area contributed by atoms with Gasteiger partial charge < -0.3 is 16.0 Å². The Morgan fingerprint density at radius 1 is 1.11 bits per heavy atom. The average molecular weight is 494 g/mol. The molecule has 2 aliphatic carbocycles. The van der Waals surface area contributed by atoms with Crippen molar-refractivity contribution in [2.75, 3.05) is 38.0 Å². The van der Waals surface area contributed by atoms with Gasteiger partial charge in [-0.05, 0) is 80.8 Å². The topological polar surface area (TPSA) is 109 Å². The molecule has 2 aromatic rings. The lowest BCUT2D eigenvalue weighted by Crippen LogP contribution is -2.48. The van der Waals surface area contributed by atoms with Crippen molar-refractivity contribution in [2.45, 2.75) is 70.0 Å². The van der Waals surface area contributed by atoms with Crippen molar-refractivity contribution in [3.05, 3.63) is 52.1 Å². The minimum atomic E-state index is -0.394. The number of urea groups is 1. The number of piperazine rings is 1. The van der Waals surface area contributed by atoms with Crippen LogP contribution in [0.15, 0.2) is 35.3 Å². The lowest BCUT2D eigenvalue weighted by Gasteiger charge is -2.42. The zero-order chi connectivity index (χ0) is 25.1. The van der Waals surface area contributed by atoms with Gasteiger partial charge in [0.25, 0.3) is 0 Å². The molecule has 3 aliphatic rings. The molecule has 9 heteroatoms. The number of nitrogens with two attached hydrogens (primary N) is 1. The quantitative estimate of drug-likeness (QED) is 0.589. The number of fused-ring (bicyclic) bond motifs is 1. The Hall–Kier alpha value is -2.75. The maximum Gasteiger partial charge on any atom is 0.354 e. The van der Waals surface area contributed by atoms with Gasteiger partial charge in [0.05, 0.1) is 5.69 Å². The van der Waals surface area contributed by atoms with Crippen molar-refractivity contribution in [2.24, 2.45) is 5.73 Å². The van der Waals surface area contributed by atoms with Gasteiger partial charge in [-0.15, -0.1) is 0 Å². The number of carbonyl (C=O) groups is 1. The van der Waals surface area contributed by atoms with Crippen LogP contribution in [0.1, 0.15) is 50.2 Å². The second-order valence-electron chi connectivity index (χ2n) is 10.4. The summed E-state index contributed by atoms with van der Waals surface area (Å²) in [4.78, 5) is 33.8. The molecule has 0 radical (unpaired) electrons. The van der Waals surface area contributed by atoms with Gasteiger partial charge in [0, 0.05) is 50.5 Å². The van der Waals surface area contributed by atoms with E-state index in [9.17, 15) is 9.59 Å².